The fourth-order valence-electron chi connectivity index (χ4n) is 2.79. The molecule has 1 heterocycles. The minimum Gasteiger partial charge on any atom is -0.492 e. The molecular formula is C19H23NO3. The molecule has 1 aliphatic heterocycles. The molecule has 0 aliphatic carbocycles. The third-order valence-corrected chi connectivity index (χ3v) is 4.11. The summed E-state index contributed by atoms with van der Waals surface area (Å²) in [5.41, 5.74) is 0. The lowest BCUT2D eigenvalue weighted by Crippen LogP contribution is -2.26. The second-order valence-corrected chi connectivity index (χ2v) is 5.87. The molecule has 4 heteroatoms. The molecule has 0 saturated carbocycles. The Labute approximate surface area is 137 Å². The molecule has 122 valence electrons. The lowest BCUT2D eigenvalue weighted by Gasteiger charge is -2.16. The minimum atomic E-state index is 0.292. The molecule has 1 saturated heterocycles. The lowest BCUT2D eigenvalue weighted by atomic mass is 10.1. The van der Waals surface area contributed by atoms with Crippen molar-refractivity contribution < 1.29 is 14.6 Å². The predicted molar refractivity (Wildman–Crippen MR) is 90.1 cm³/mol. The van der Waals surface area contributed by atoms with Crippen molar-refractivity contribution in [1.29, 1.82) is 0 Å². The van der Waals surface area contributed by atoms with Crippen molar-refractivity contribution >= 4 is 0 Å². The summed E-state index contributed by atoms with van der Waals surface area (Å²) in [7, 11) is 0. The smallest absolute Gasteiger partial charge is 0.127 e. The summed E-state index contributed by atoms with van der Waals surface area (Å²) in [6.45, 7) is 3.89. The first-order chi connectivity index (χ1) is 11.3. The largest absolute Gasteiger partial charge is 0.492 e. The monoisotopic (exact) mass is 313 g/mol. The first-order valence-electron chi connectivity index (χ1n) is 8.12. The van der Waals surface area contributed by atoms with E-state index in [1.54, 1.807) is 0 Å². The number of nitrogens with zero attached hydrogens (tertiary/aromatic N) is 1. The van der Waals surface area contributed by atoms with Crippen LogP contribution in [0.25, 0.3) is 0 Å². The molecule has 2 aromatic carbocycles. The Balaban J connectivity index is 1.43. The van der Waals surface area contributed by atoms with Gasteiger partial charge in [0, 0.05) is 19.7 Å². The highest BCUT2D eigenvalue weighted by atomic mass is 16.5. The number of rotatable bonds is 7. The van der Waals surface area contributed by atoms with Gasteiger partial charge in [0.1, 0.15) is 23.9 Å². The number of hydrogen-bond acceptors (Lipinski definition) is 4. The van der Waals surface area contributed by atoms with Gasteiger partial charge in [-0.2, -0.15) is 0 Å². The van der Waals surface area contributed by atoms with Gasteiger partial charge in [-0.25, -0.2) is 0 Å². The van der Waals surface area contributed by atoms with Gasteiger partial charge < -0.3 is 14.6 Å². The molecule has 0 radical (unpaired) electrons. The second-order valence-electron chi connectivity index (χ2n) is 5.87. The topological polar surface area (TPSA) is 41.9 Å². The van der Waals surface area contributed by atoms with Crippen molar-refractivity contribution in [3.05, 3.63) is 54.6 Å². The van der Waals surface area contributed by atoms with E-state index in [0.29, 0.717) is 19.1 Å². The molecule has 1 fully saturated rings. The lowest BCUT2D eigenvalue weighted by molar-refractivity contribution is 0.204. The third-order valence-electron chi connectivity index (χ3n) is 4.11. The average molecular weight is 313 g/mol. The van der Waals surface area contributed by atoms with Gasteiger partial charge in [0.15, 0.2) is 0 Å². The molecule has 0 aromatic heterocycles. The van der Waals surface area contributed by atoms with Crippen molar-refractivity contribution in [2.45, 2.75) is 6.42 Å². The SMILES string of the molecule is OCC1CCN(CCOc2ccc(Oc3ccccc3)cc2)C1. The van der Waals surface area contributed by atoms with Crippen molar-refractivity contribution in [3.8, 4) is 17.2 Å². The zero-order valence-electron chi connectivity index (χ0n) is 13.2. The van der Waals surface area contributed by atoms with Crippen LogP contribution in [-0.4, -0.2) is 42.9 Å². The quantitative estimate of drug-likeness (QED) is 0.852. The van der Waals surface area contributed by atoms with Crippen LogP contribution in [0.1, 0.15) is 6.42 Å². The normalized spacial score (nSPS) is 18.0. The molecule has 2 aromatic rings. The van der Waals surface area contributed by atoms with E-state index in [1.807, 2.05) is 54.6 Å². The van der Waals surface area contributed by atoms with E-state index in [1.165, 1.54) is 0 Å². The Kier molecular flexibility index (Phi) is 5.51. The molecule has 1 atom stereocenters. The minimum absolute atomic E-state index is 0.292. The van der Waals surface area contributed by atoms with Crippen molar-refractivity contribution in [3.63, 3.8) is 0 Å². The van der Waals surface area contributed by atoms with Crippen LogP contribution >= 0.6 is 0 Å². The van der Waals surface area contributed by atoms with Gasteiger partial charge in [0.05, 0.1) is 0 Å². The predicted octanol–water partition coefficient (Wildman–Crippen LogP) is 3.17. The molecule has 1 unspecified atom stereocenters. The number of para-hydroxylation sites is 1. The van der Waals surface area contributed by atoms with Crippen molar-refractivity contribution in [2.24, 2.45) is 5.92 Å². The molecule has 1 N–H and O–H groups in total. The second kappa shape index (κ2) is 7.99. The Morgan fingerprint density at radius 1 is 0.957 bits per heavy atom. The maximum absolute atomic E-state index is 9.15. The summed E-state index contributed by atoms with van der Waals surface area (Å²) < 4.78 is 11.5. The Morgan fingerprint density at radius 2 is 1.65 bits per heavy atom. The number of aliphatic hydroxyl groups excluding tert-OH is 1. The van der Waals surface area contributed by atoms with Crippen LogP contribution in [0.15, 0.2) is 54.6 Å². The highest BCUT2D eigenvalue weighted by Crippen LogP contribution is 2.23. The maximum atomic E-state index is 9.15. The molecule has 0 spiro atoms. The average Bonchev–Trinajstić information content (AvgIpc) is 3.05. The standard InChI is InChI=1S/C19H23NO3/c21-15-16-10-11-20(14-16)12-13-22-17-6-8-19(9-7-17)23-18-4-2-1-3-5-18/h1-9,16,21H,10-15H2. The Hall–Kier alpha value is -2.04. The van der Waals surface area contributed by atoms with Crippen molar-refractivity contribution in [1.82, 2.24) is 4.90 Å². The fourth-order valence-corrected chi connectivity index (χ4v) is 2.79. The Morgan fingerprint density at radius 3 is 2.35 bits per heavy atom. The van der Waals surface area contributed by atoms with Crippen LogP contribution in [0.5, 0.6) is 17.2 Å². The molecule has 1 aliphatic rings. The van der Waals surface area contributed by atoms with E-state index < -0.39 is 0 Å². The van der Waals surface area contributed by atoms with E-state index >= 15 is 0 Å². The van der Waals surface area contributed by atoms with Crippen LogP contribution in [0.3, 0.4) is 0 Å². The van der Waals surface area contributed by atoms with E-state index in [0.717, 1.165) is 43.3 Å². The van der Waals surface area contributed by atoms with Crippen LogP contribution in [0.4, 0.5) is 0 Å². The highest BCUT2D eigenvalue weighted by Gasteiger charge is 2.21. The number of benzene rings is 2. The maximum Gasteiger partial charge on any atom is 0.127 e. The van der Waals surface area contributed by atoms with Crippen LogP contribution < -0.4 is 9.47 Å². The van der Waals surface area contributed by atoms with Crippen LogP contribution in [0.2, 0.25) is 0 Å². The van der Waals surface area contributed by atoms with Gasteiger partial charge in [-0.1, -0.05) is 18.2 Å². The number of hydrogen-bond donors (Lipinski definition) is 1. The van der Waals surface area contributed by atoms with E-state index in [2.05, 4.69) is 4.90 Å². The van der Waals surface area contributed by atoms with Gasteiger partial charge >= 0.3 is 0 Å². The fraction of sp³-hybridized carbons (Fsp3) is 0.368. The van der Waals surface area contributed by atoms with Gasteiger partial charge in [-0.05, 0) is 55.3 Å². The third kappa shape index (κ3) is 4.71. The first-order valence-corrected chi connectivity index (χ1v) is 8.12. The molecule has 0 bridgehead atoms. The summed E-state index contributed by atoms with van der Waals surface area (Å²) in [5.74, 6) is 2.91. The van der Waals surface area contributed by atoms with E-state index in [9.17, 15) is 0 Å². The van der Waals surface area contributed by atoms with Gasteiger partial charge in [0.25, 0.3) is 0 Å². The zero-order valence-corrected chi connectivity index (χ0v) is 13.2. The number of aliphatic hydroxyl groups is 1. The van der Waals surface area contributed by atoms with Crippen molar-refractivity contribution in [2.75, 3.05) is 32.8 Å². The molecule has 3 rings (SSSR count). The van der Waals surface area contributed by atoms with Gasteiger partial charge in [-0.15, -0.1) is 0 Å². The Bertz CT molecular complexity index is 585. The number of likely N-dealkylation sites (tertiary alicyclic amines) is 1. The first kappa shape index (κ1) is 15.8. The van der Waals surface area contributed by atoms with Crippen LogP contribution in [-0.2, 0) is 0 Å². The summed E-state index contributed by atoms with van der Waals surface area (Å²) >= 11 is 0. The van der Waals surface area contributed by atoms with Crippen LogP contribution in [0, 0.1) is 5.92 Å². The molecule has 23 heavy (non-hydrogen) atoms. The zero-order chi connectivity index (χ0) is 15.9. The summed E-state index contributed by atoms with van der Waals surface area (Å²) in [6, 6.07) is 17.4. The number of ether oxygens (including phenoxy) is 2. The summed E-state index contributed by atoms with van der Waals surface area (Å²) in [6.07, 6.45) is 1.09. The molecular weight excluding hydrogens is 290 g/mol. The van der Waals surface area contributed by atoms with E-state index in [4.69, 9.17) is 14.6 Å². The summed E-state index contributed by atoms with van der Waals surface area (Å²) in [5, 5.41) is 9.15. The molecule has 0 amide bonds. The summed E-state index contributed by atoms with van der Waals surface area (Å²) in [4.78, 5) is 2.34. The molecule has 4 nitrogen and oxygen atoms in total. The van der Waals surface area contributed by atoms with Gasteiger partial charge in [-0.3, -0.25) is 4.90 Å². The van der Waals surface area contributed by atoms with Gasteiger partial charge in [0.2, 0.25) is 0 Å². The van der Waals surface area contributed by atoms with E-state index in [-0.39, 0.29) is 0 Å². The highest BCUT2D eigenvalue weighted by molar-refractivity contribution is 5.35.